The number of ether oxygens (including phenoxy) is 3. The second-order valence-electron chi connectivity index (χ2n) is 7.12. The topological polar surface area (TPSA) is 78.9 Å². The van der Waals surface area contributed by atoms with Crippen molar-refractivity contribution in [1.82, 2.24) is 0 Å². The van der Waals surface area contributed by atoms with Crippen molar-refractivity contribution in [3.05, 3.63) is 82.4 Å². The maximum absolute atomic E-state index is 13.6. The van der Waals surface area contributed by atoms with Crippen LogP contribution < -0.4 is 19.5 Å². The van der Waals surface area contributed by atoms with Crippen LogP contribution in [0.5, 0.6) is 17.2 Å². The molecule has 0 aliphatic rings. The predicted molar refractivity (Wildman–Crippen MR) is 123 cm³/mol. The Hall–Kier alpha value is -3.50. The molecular formula is C25H24O6P. The van der Waals surface area contributed by atoms with Crippen molar-refractivity contribution in [1.29, 1.82) is 0 Å². The highest BCUT2D eigenvalue weighted by atomic mass is 31.1. The van der Waals surface area contributed by atoms with Gasteiger partial charge in [0.2, 0.25) is 11.3 Å². The van der Waals surface area contributed by atoms with E-state index < -0.39 is 19.1 Å². The number of carbonyl (C=O) groups excluding carboxylic acids is 2. The molecule has 0 saturated carbocycles. The van der Waals surface area contributed by atoms with Gasteiger partial charge in [0.05, 0.1) is 26.6 Å². The fourth-order valence-electron chi connectivity index (χ4n) is 3.57. The van der Waals surface area contributed by atoms with Crippen LogP contribution in [0.1, 0.15) is 37.4 Å². The van der Waals surface area contributed by atoms with Crippen molar-refractivity contribution in [3.8, 4) is 17.2 Å². The number of carbonyl (C=O) groups is 2. The van der Waals surface area contributed by atoms with Crippen molar-refractivity contribution >= 4 is 24.4 Å². The Labute approximate surface area is 187 Å². The minimum atomic E-state index is -2.54. The van der Waals surface area contributed by atoms with Crippen LogP contribution in [0.2, 0.25) is 0 Å². The molecule has 0 aliphatic carbocycles. The lowest BCUT2D eigenvalue weighted by Crippen LogP contribution is -2.17. The van der Waals surface area contributed by atoms with Crippen molar-refractivity contribution in [3.63, 3.8) is 0 Å². The van der Waals surface area contributed by atoms with Gasteiger partial charge in [-0.3, -0.25) is 14.2 Å². The first-order valence-electron chi connectivity index (χ1n) is 9.85. The highest BCUT2D eigenvalue weighted by Crippen LogP contribution is 2.37. The van der Waals surface area contributed by atoms with Gasteiger partial charge in [-0.05, 0) is 37.1 Å². The molecule has 0 saturated heterocycles. The maximum Gasteiger partial charge on any atom is 0.247 e. The highest BCUT2D eigenvalue weighted by molar-refractivity contribution is 7.71. The van der Waals surface area contributed by atoms with Crippen LogP contribution in [0, 0.1) is 13.8 Å². The number of methoxy groups -OCH3 is 3. The van der Waals surface area contributed by atoms with E-state index in [2.05, 4.69) is 0 Å². The summed E-state index contributed by atoms with van der Waals surface area (Å²) >= 11 is 0. The summed E-state index contributed by atoms with van der Waals surface area (Å²) in [6.45, 7) is 3.60. The first kappa shape index (κ1) is 23.2. The highest BCUT2D eigenvalue weighted by Gasteiger charge is 2.28. The molecule has 0 heterocycles. The van der Waals surface area contributed by atoms with E-state index in [-0.39, 0.29) is 27.9 Å². The standard InChI is InChI=1S/C25H24O6P/c1-15-9-8-10-16(2)22(15)25(27)32(28)21-12-7-6-11-18(21)24(26)23-19(30-4)13-17(29-3)14-20(23)31-5/h6-14H,1-5H3. The molecule has 3 rings (SSSR count). The Bertz CT molecular complexity index is 1170. The fourth-order valence-corrected chi connectivity index (χ4v) is 4.96. The number of ketones is 1. The molecule has 1 radical (unpaired) electrons. The third kappa shape index (κ3) is 4.27. The quantitative estimate of drug-likeness (QED) is 0.360. The third-order valence-corrected chi connectivity index (χ3v) is 6.61. The van der Waals surface area contributed by atoms with E-state index in [1.807, 2.05) is 6.07 Å². The van der Waals surface area contributed by atoms with Gasteiger partial charge in [0.25, 0.3) is 0 Å². The number of hydrogen-bond acceptors (Lipinski definition) is 6. The van der Waals surface area contributed by atoms with Crippen LogP contribution in [0.25, 0.3) is 0 Å². The van der Waals surface area contributed by atoms with Crippen molar-refractivity contribution in [2.75, 3.05) is 21.3 Å². The maximum atomic E-state index is 13.6. The lowest BCUT2D eigenvalue weighted by Gasteiger charge is -2.16. The Morgan fingerprint density at radius 2 is 1.31 bits per heavy atom. The average Bonchev–Trinajstić information content (AvgIpc) is 2.81. The first-order chi connectivity index (χ1) is 15.3. The van der Waals surface area contributed by atoms with Gasteiger partial charge in [0, 0.05) is 23.3 Å². The van der Waals surface area contributed by atoms with Crippen LogP contribution in [0.3, 0.4) is 0 Å². The Kier molecular flexibility index (Phi) is 7.06. The number of benzene rings is 3. The molecule has 0 aromatic heterocycles. The molecule has 0 bridgehead atoms. The van der Waals surface area contributed by atoms with Crippen molar-refractivity contribution in [2.45, 2.75) is 13.8 Å². The zero-order chi connectivity index (χ0) is 23.4. The lowest BCUT2D eigenvalue weighted by molar-refractivity contribution is 0.103. The van der Waals surface area contributed by atoms with E-state index in [1.54, 1.807) is 62.4 Å². The summed E-state index contributed by atoms with van der Waals surface area (Å²) in [5.74, 6) is 0.490. The molecule has 32 heavy (non-hydrogen) atoms. The molecule has 7 heteroatoms. The van der Waals surface area contributed by atoms with Gasteiger partial charge >= 0.3 is 0 Å². The summed E-state index contributed by atoms with van der Waals surface area (Å²) in [7, 11) is 1.82. The molecule has 0 aliphatic heterocycles. The minimum Gasteiger partial charge on any atom is -0.496 e. The van der Waals surface area contributed by atoms with Crippen LogP contribution in [-0.4, -0.2) is 32.6 Å². The second-order valence-corrected chi connectivity index (χ2v) is 8.60. The molecule has 165 valence electrons. The van der Waals surface area contributed by atoms with Crippen LogP contribution in [0.15, 0.2) is 54.6 Å². The van der Waals surface area contributed by atoms with E-state index in [9.17, 15) is 14.2 Å². The SMILES string of the molecule is COc1cc(OC)c(C(=O)c2ccccc2[P](=O)C(=O)c2c(C)cccc2C)c(OC)c1. The van der Waals surface area contributed by atoms with E-state index in [0.29, 0.717) is 11.3 Å². The molecule has 3 aromatic carbocycles. The lowest BCUT2D eigenvalue weighted by atomic mass is 10.0. The zero-order valence-electron chi connectivity index (χ0n) is 18.6. The summed E-state index contributed by atoms with van der Waals surface area (Å²) in [5, 5.41) is 0.167. The van der Waals surface area contributed by atoms with Crippen molar-refractivity contribution < 1.29 is 28.4 Å². The monoisotopic (exact) mass is 451 g/mol. The van der Waals surface area contributed by atoms with Gasteiger partial charge in [0.1, 0.15) is 22.8 Å². The molecule has 0 amide bonds. The molecule has 0 spiro atoms. The minimum absolute atomic E-state index is 0.148. The summed E-state index contributed by atoms with van der Waals surface area (Å²) < 4.78 is 29.4. The molecule has 6 nitrogen and oxygen atoms in total. The number of aryl methyl sites for hydroxylation is 2. The van der Waals surface area contributed by atoms with E-state index in [0.717, 1.165) is 11.1 Å². The first-order valence-corrected chi connectivity index (χ1v) is 11.1. The predicted octanol–water partition coefficient (Wildman–Crippen LogP) is 4.85. The Morgan fingerprint density at radius 3 is 1.84 bits per heavy atom. The second kappa shape index (κ2) is 9.75. The van der Waals surface area contributed by atoms with Gasteiger partial charge in [-0.1, -0.05) is 30.3 Å². The molecular weight excluding hydrogens is 427 g/mol. The number of rotatable bonds is 8. The van der Waals surface area contributed by atoms with Crippen LogP contribution >= 0.6 is 7.80 Å². The number of hydrogen-bond donors (Lipinski definition) is 0. The largest absolute Gasteiger partial charge is 0.496 e. The summed E-state index contributed by atoms with van der Waals surface area (Å²) in [6.07, 6.45) is 0. The summed E-state index contributed by atoms with van der Waals surface area (Å²) in [5.41, 5.74) is 1.68. The smallest absolute Gasteiger partial charge is 0.247 e. The third-order valence-electron chi connectivity index (χ3n) is 5.19. The van der Waals surface area contributed by atoms with E-state index in [4.69, 9.17) is 14.2 Å². The average molecular weight is 451 g/mol. The zero-order valence-corrected chi connectivity index (χ0v) is 19.5. The van der Waals surface area contributed by atoms with Gasteiger partial charge in [-0.2, -0.15) is 0 Å². The summed E-state index contributed by atoms with van der Waals surface area (Å²) in [6, 6.07) is 15.0. The van der Waals surface area contributed by atoms with E-state index >= 15 is 0 Å². The molecule has 0 N–H and O–H groups in total. The van der Waals surface area contributed by atoms with Gasteiger partial charge < -0.3 is 14.2 Å². The van der Waals surface area contributed by atoms with Gasteiger partial charge in [0.15, 0.2) is 7.80 Å². The molecule has 1 unspecified atom stereocenters. The summed E-state index contributed by atoms with van der Waals surface area (Å²) in [4.78, 5) is 26.7. The Morgan fingerprint density at radius 1 is 0.750 bits per heavy atom. The van der Waals surface area contributed by atoms with Crippen LogP contribution in [0.4, 0.5) is 0 Å². The van der Waals surface area contributed by atoms with Gasteiger partial charge in [-0.25, -0.2) is 0 Å². The van der Waals surface area contributed by atoms with Crippen molar-refractivity contribution in [2.24, 2.45) is 0 Å². The van der Waals surface area contributed by atoms with Crippen LogP contribution in [-0.2, 0) is 4.57 Å². The van der Waals surface area contributed by atoms with Gasteiger partial charge in [-0.15, -0.1) is 0 Å². The van der Waals surface area contributed by atoms with E-state index in [1.165, 1.54) is 21.3 Å². The normalized spacial score (nSPS) is 11.0. The molecule has 3 aromatic rings. The Balaban J connectivity index is 2.13. The molecule has 0 fully saturated rings. The fraction of sp³-hybridized carbons (Fsp3) is 0.200. The molecule has 1 atom stereocenters.